The van der Waals surface area contributed by atoms with Crippen LogP contribution in [0.1, 0.15) is 19.3 Å². The highest BCUT2D eigenvalue weighted by atomic mass is 15.0. The largest absolute Gasteiger partial charge is 0.326 e. The van der Waals surface area contributed by atoms with Gasteiger partial charge in [-0.15, -0.1) is 0 Å². The molecule has 0 radical (unpaired) electrons. The zero-order chi connectivity index (χ0) is 6.27. The summed E-state index contributed by atoms with van der Waals surface area (Å²) >= 11 is 0. The molecule has 52 valence electrons. The van der Waals surface area contributed by atoms with Crippen LogP contribution >= 0.6 is 0 Å². The third kappa shape index (κ3) is 0.970. The molecule has 1 heterocycles. The van der Waals surface area contributed by atoms with Gasteiger partial charge in [-0.1, -0.05) is 0 Å². The lowest BCUT2D eigenvalue weighted by Crippen LogP contribution is -2.37. The molecule has 2 nitrogen and oxygen atoms in total. The van der Waals surface area contributed by atoms with E-state index >= 15 is 0 Å². The van der Waals surface area contributed by atoms with E-state index in [4.69, 9.17) is 5.73 Å². The summed E-state index contributed by atoms with van der Waals surface area (Å²) in [5.74, 6) is 0.933. The summed E-state index contributed by atoms with van der Waals surface area (Å²) in [6, 6.07) is 1.13. The molecule has 0 aromatic rings. The average molecular weight is 126 g/mol. The lowest BCUT2D eigenvalue weighted by Gasteiger charge is -2.13. The maximum absolute atomic E-state index is 5.86. The molecule has 1 aliphatic heterocycles. The second-order valence-corrected chi connectivity index (χ2v) is 3.27. The third-order valence-electron chi connectivity index (χ3n) is 2.45. The van der Waals surface area contributed by atoms with Gasteiger partial charge in [-0.25, -0.2) is 0 Å². The lowest BCUT2D eigenvalue weighted by atomic mass is 10.1. The molecule has 2 heteroatoms. The maximum Gasteiger partial charge on any atom is 0.0247 e. The van der Waals surface area contributed by atoms with Gasteiger partial charge in [0.25, 0.3) is 0 Å². The number of nitrogens with two attached hydrogens (primary N) is 1. The summed E-state index contributed by atoms with van der Waals surface area (Å²) in [6.07, 6.45) is 4.00. The minimum Gasteiger partial charge on any atom is -0.326 e. The maximum atomic E-state index is 5.86. The first-order valence-corrected chi connectivity index (χ1v) is 3.87. The molecule has 0 aromatic heterocycles. The Labute approximate surface area is 55.8 Å². The zero-order valence-electron chi connectivity index (χ0n) is 5.64. The van der Waals surface area contributed by atoms with Crippen molar-refractivity contribution in [3.8, 4) is 0 Å². The van der Waals surface area contributed by atoms with Gasteiger partial charge in [0.1, 0.15) is 0 Å². The molecule has 1 saturated carbocycles. The summed E-state index contributed by atoms with van der Waals surface area (Å²) in [6.45, 7) is 1.14. The van der Waals surface area contributed by atoms with E-state index in [1.54, 1.807) is 0 Å². The Balaban J connectivity index is 1.93. The molecule has 0 spiro atoms. The fourth-order valence-electron chi connectivity index (χ4n) is 1.72. The average Bonchev–Trinajstić information content (AvgIpc) is 2.58. The Bertz CT molecular complexity index is 109. The monoisotopic (exact) mass is 126 g/mol. The van der Waals surface area contributed by atoms with Crippen LogP contribution in [0.3, 0.4) is 0 Å². The minimum absolute atomic E-state index is 0.456. The smallest absolute Gasteiger partial charge is 0.0247 e. The Kier molecular flexibility index (Phi) is 1.24. The Hall–Kier alpha value is -0.0800. The first-order valence-electron chi connectivity index (χ1n) is 3.87. The molecular formula is C7H14N2. The van der Waals surface area contributed by atoms with Crippen LogP contribution in [0.25, 0.3) is 0 Å². The van der Waals surface area contributed by atoms with Gasteiger partial charge < -0.3 is 11.1 Å². The van der Waals surface area contributed by atoms with Gasteiger partial charge in [0.2, 0.25) is 0 Å². The van der Waals surface area contributed by atoms with Crippen LogP contribution in [0, 0.1) is 5.92 Å². The van der Waals surface area contributed by atoms with Crippen LogP contribution in [0.15, 0.2) is 0 Å². The van der Waals surface area contributed by atoms with Gasteiger partial charge in [-0.2, -0.15) is 0 Å². The van der Waals surface area contributed by atoms with E-state index < -0.39 is 0 Å². The predicted molar refractivity (Wildman–Crippen MR) is 37.1 cm³/mol. The number of hydrogen-bond donors (Lipinski definition) is 2. The molecule has 2 rings (SSSR count). The van der Waals surface area contributed by atoms with E-state index in [0.717, 1.165) is 12.5 Å². The van der Waals surface area contributed by atoms with E-state index in [-0.39, 0.29) is 0 Å². The summed E-state index contributed by atoms with van der Waals surface area (Å²) in [5.41, 5.74) is 5.86. The molecule has 1 saturated heterocycles. The first kappa shape index (κ1) is 5.69. The van der Waals surface area contributed by atoms with Crippen LogP contribution in [-0.2, 0) is 0 Å². The van der Waals surface area contributed by atoms with Gasteiger partial charge >= 0.3 is 0 Å². The summed E-state index contributed by atoms with van der Waals surface area (Å²) in [5, 5.41) is 3.44. The zero-order valence-corrected chi connectivity index (χ0v) is 5.64. The van der Waals surface area contributed by atoms with Gasteiger partial charge in [-0.3, -0.25) is 0 Å². The minimum atomic E-state index is 0.456. The van der Waals surface area contributed by atoms with E-state index in [2.05, 4.69) is 5.32 Å². The Morgan fingerprint density at radius 3 is 2.44 bits per heavy atom. The van der Waals surface area contributed by atoms with E-state index in [9.17, 15) is 0 Å². The molecule has 0 unspecified atom stereocenters. The third-order valence-corrected chi connectivity index (χ3v) is 2.45. The molecule has 3 N–H and O–H groups in total. The van der Waals surface area contributed by atoms with Crippen LogP contribution < -0.4 is 11.1 Å². The SMILES string of the molecule is N[C@@H]1CCN[C@H]1C1CC1. The number of hydrogen-bond acceptors (Lipinski definition) is 2. The van der Waals surface area contributed by atoms with Crippen molar-refractivity contribution < 1.29 is 0 Å². The molecule has 2 atom stereocenters. The van der Waals surface area contributed by atoms with Crippen molar-refractivity contribution >= 4 is 0 Å². The topological polar surface area (TPSA) is 38.0 Å². The quantitative estimate of drug-likeness (QED) is 0.522. The fourth-order valence-corrected chi connectivity index (χ4v) is 1.72. The van der Waals surface area contributed by atoms with Gasteiger partial charge in [0, 0.05) is 12.1 Å². The molecule has 0 aromatic carbocycles. The van der Waals surface area contributed by atoms with E-state index in [1.165, 1.54) is 19.3 Å². The molecule has 9 heavy (non-hydrogen) atoms. The summed E-state index contributed by atoms with van der Waals surface area (Å²) in [7, 11) is 0. The van der Waals surface area contributed by atoms with Crippen LogP contribution in [0.5, 0.6) is 0 Å². The van der Waals surface area contributed by atoms with E-state index in [0.29, 0.717) is 12.1 Å². The highest BCUT2D eigenvalue weighted by Crippen LogP contribution is 2.35. The summed E-state index contributed by atoms with van der Waals surface area (Å²) < 4.78 is 0. The highest BCUT2D eigenvalue weighted by molar-refractivity contribution is 4.96. The van der Waals surface area contributed by atoms with Crippen molar-refractivity contribution in [2.75, 3.05) is 6.54 Å². The molecule has 2 fully saturated rings. The van der Waals surface area contributed by atoms with Gasteiger partial charge in [0.15, 0.2) is 0 Å². The van der Waals surface area contributed by atoms with Crippen molar-refractivity contribution in [1.29, 1.82) is 0 Å². The number of nitrogens with one attached hydrogen (secondary N) is 1. The van der Waals surface area contributed by atoms with Gasteiger partial charge in [0.05, 0.1) is 0 Å². The van der Waals surface area contributed by atoms with Crippen molar-refractivity contribution in [2.24, 2.45) is 11.7 Å². The van der Waals surface area contributed by atoms with Crippen LogP contribution in [-0.4, -0.2) is 18.6 Å². The second kappa shape index (κ2) is 1.96. The molecule has 1 aliphatic carbocycles. The van der Waals surface area contributed by atoms with Gasteiger partial charge in [-0.05, 0) is 31.7 Å². The summed E-state index contributed by atoms with van der Waals surface area (Å²) in [4.78, 5) is 0. The Morgan fingerprint density at radius 1 is 1.22 bits per heavy atom. The molecular weight excluding hydrogens is 112 g/mol. The molecule has 2 aliphatic rings. The van der Waals surface area contributed by atoms with Crippen molar-refractivity contribution in [3.05, 3.63) is 0 Å². The second-order valence-electron chi connectivity index (χ2n) is 3.27. The lowest BCUT2D eigenvalue weighted by molar-refractivity contribution is 0.487. The standard InChI is InChI=1S/C7H14N2/c8-6-3-4-9-7(6)5-1-2-5/h5-7,9H,1-4,8H2/t6-,7+/m1/s1. The van der Waals surface area contributed by atoms with Crippen molar-refractivity contribution in [3.63, 3.8) is 0 Å². The van der Waals surface area contributed by atoms with E-state index in [1.807, 2.05) is 0 Å². The first-order chi connectivity index (χ1) is 4.38. The molecule has 0 amide bonds. The number of rotatable bonds is 1. The normalized spacial score (nSPS) is 43.7. The predicted octanol–water partition coefficient (Wildman–Crippen LogP) is 0.0856. The van der Waals surface area contributed by atoms with Crippen LogP contribution in [0.4, 0.5) is 0 Å². The fraction of sp³-hybridized carbons (Fsp3) is 1.00. The van der Waals surface area contributed by atoms with Crippen LogP contribution in [0.2, 0.25) is 0 Å². The molecule has 0 bridgehead atoms. The van der Waals surface area contributed by atoms with Crippen molar-refractivity contribution in [2.45, 2.75) is 31.3 Å². The van der Waals surface area contributed by atoms with Crippen molar-refractivity contribution in [1.82, 2.24) is 5.32 Å². The Morgan fingerprint density at radius 2 is 2.00 bits per heavy atom. The highest BCUT2D eigenvalue weighted by Gasteiger charge is 2.37.